The summed E-state index contributed by atoms with van der Waals surface area (Å²) in [7, 11) is 0. The number of halogens is 1. The number of allylic oxidation sites excluding steroid dienone is 2. The standard InChI is InChI=1S/C77H66ClN7O8S/c1-2-49-91-75(90)83-47-46-62(51-83)84-48-45-55(71(84)87)50-54-43-44-63-64(72(88)85(63)67(54)73(89)92-68(52-27-11-3-12-28-52)53-29-13-4-14-30-53)79-70(86)66(82-93-77(59-37-21-8-22-38-59,60-39-23-9-24-40-60)61-41-25-10-26-42-61)65-69(78)94-74(80-65)81-76(56-31-15-5-16-32-56,57-33-17-6-18-34-57)58-35-19-7-20-36-58/h2-42,50,62-64,68H,1,43-49,51H2,(H,79,86)(H,80,81)/t62-,63-,64+/m1/s1. The van der Waals surface area contributed by atoms with Gasteiger partial charge in [0.25, 0.3) is 11.8 Å². The molecule has 1 aromatic heterocycles. The molecule has 94 heavy (non-hydrogen) atoms. The van der Waals surface area contributed by atoms with Crippen molar-refractivity contribution >= 4 is 63.6 Å². The highest BCUT2D eigenvalue weighted by Crippen LogP contribution is 2.45. The van der Waals surface area contributed by atoms with Gasteiger partial charge in [0.15, 0.2) is 16.9 Å². The Morgan fingerprint density at radius 2 is 1.15 bits per heavy atom. The Labute approximate surface area is 554 Å². The molecule has 15 nitrogen and oxygen atoms in total. The van der Waals surface area contributed by atoms with Crippen LogP contribution in [0.1, 0.15) is 82.0 Å². The van der Waals surface area contributed by atoms with E-state index in [2.05, 4.69) is 17.2 Å². The van der Waals surface area contributed by atoms with Crippen molar-refractivity contribution in [3.8, 4) is 0 Å². The number of nitrogens with one attached hydrogen (secondary N) is 2. The van der Waals surface area contributed by atoms with E-state index >= 15 is 14.4 Å². The van der Waals surface area contributed by atoms with Gasteiger partial charge in [0.2, 0.25) is 11.5 Å². The first-order chi connectivity index (χ1) is 46.0. The Kier molecular flexibility index (Phi) is 18.3. The minimum absolute atomic E-state index is 0.0238. The highest BCUT2D eigenvalue weighted by atomic mass is 35.5. The first-order valence-corrected chi connectivity index (χ1v) is 32.5. The fourth-order valence-electron chi connectivity index (χ4n) is 13.3. The Bertz CT molecular complexity index is 4080. The maximum atomic E-state index is 15.9. The second-order valence-corrected chi connectivity index (χ2v) is 24.9. The molecule has 0 bridgehead atoms. The van der Waals surface area contributed by atoms with Crippen LogP contribution in [0, 0.1) is 0 Å². The van der Waals surface area contributed by atoms with E-state index < -0.39 is 53.2 Å². The maximum Gasteiger partial charge on any atom is 0.410 e. The molecule has 4 aliphatic heterocycles. The largest absolute Gasteiger partial charge is 0.448 e. The fraction of sp³-hybridized carbons (Fsp3) is 0.182. The highest BCUT2D eigenvalue weighted by molar-refractivity contribution is 7.20. The zero-order valence-corrected chi connectivity index (χ0v) is 52.8. The molecule has 0 unspecified atom stereocenters. The van der Waals surface area contributed by atoms with Crippen molar-refractivity contribution in [1.82, 2.24) is 25.0 Å². The third-order valence-corrected chi connectivity index (χ3v) is 19.0. The van der Waals surface area contributed by atoms with E-state index in [0.717, 1.165) is 28.0 Å². The van der Waals surface area contributed by atoms with Crippen LogP contribution in [0.4, 0.5) is 9.93 Å². The van der Waals surface area contributed by atoms with E-state index in [1.54, 1.807) is 15.9 Å². The Morgan fingerprint density at radius 1 is 0.660 bits per heavy atom. The van der Waals surface area contributed by atoms with Gasteiger partial charge in [0.05, 0.1) is 12.1 Å². The van der Waals surface area contributed by atoms with E-state index in [9.17, 15) is 9.59 Å². The lowest BCUT2D eigenvalue weighted by atomic mass is 9.77. The van der Waals surface area contributed by atoms with Gasteiger partial charge in [-0.25, -0.2) is 14.6 Å². The number of hydrogen-bond donors (Lipinski definition) is 2. The number of benzene rings is 8. The second kappa shape index (κ2) is 27.6. The van der Waals surface area contributed by atoms with Gasteiger partial charge in [-0.15, -0.1) is 0 Å². The lowest BCUT2D eigenvalue weighted by Gasteiger charge is -2.50. The lowest BCUT2D eigenvalue weighted by molar-refractivity contribution is -0.158. The number of β-lactam (4-membered cyclic amide) rings is 1. The Balaban J connectivity index is 0.886. The van der Waals surface area contributed by atoms with Crippen molar-refractivity contribution < 1.29 is 38.3 Å². The zero-order chi connectivity index (χ0) is 64.6. The minimum atomic E-state index is -1.47. The van der Waals surface area contributed by atoms with Gasteiger partial charge in [0.1, 0.15) is 33.9 Å². The molecular formula is C77H66ClN7O8S. The van der Waals surface area contributed by atoms with Crippen LogP contribution in [0.3, 0.4) is 0 Å². The Morgan fingerprint density at radius 3 is 1.65 bits per heavy atom. The van der Waals surface area contributed by atoms with E-state index in [0.29, 0.717) is 76.6 Å². The smallest absolute Gasteiger partial charge is 0.410 e. The summed E-state index contributed by atoms with van der Waals surface area (Å²) in [6, 6.07) is 75.3. The van der Waals surface area contributed by atoms with E-state index in [1.165, 1.54) is 11.0 Å². The first kappa shape index (κ1) is 62.1. The van der Waals surface area contributed by atoms with E-state index in [4.69, 9.17) is 36.1 Å². The van der Waals surface area contributed by atoms with Crippen molar-refractivity contribution in [2.24, 2.45) is 5.16 Å². The molecule has 13 rings (SSSR count). The van der Waals surface area contributed by atoms with Crippen LogP contribution in [0.25, 0.3) is 0 Å². The predicted molar refractivity (Wildman–Crippen MR) is 362 cm³/mol. The molecule has 4 amide bonds. The molecular weight excluding hydrogens is 1220 g/mol. The van der Waals surface area contributed by atoms with Gasteiger partial charge in [0, 0.05) is 41.9 Å². The zero-order valence-electron chi connectivity index (χ0n) is 51.2. The molecule has 3 fully saturated rings. The number of fused-ring (bicyclic) bond motifs is 1. The summed E-state index contributed by atoms with van der Waals surface area (Å²) in [5.74, 6) is -2.44. The molecule has 2 N–H and O–H groups in total. The van der Waals surface area contributed by atoms with E-state index in [-0.39, 0.29) is 52.8 Å². The lowest BCUT2D eigenvalue weighted by Crippen LogP contribution is -2.72. The van der Waals surface area contributed by atoms with Crippen LogP contribution < -0.4 is 10.6 Å². The average Bonchev–Trinajstić information content (AvgIpc) is 1.87. The Hall–Kier alpha value is -10.7. The number of ether oxygens (including phenoxy) is 2. The third kappa shape index (κ3) is 12.2. The SMILES string of the molecule is C=CCOC(=O)N1CC[C@@H](N2CCC(=CC3=C(C(=O)OC(c4ccccc4)c4ccccc4)N4C(=O)[C@@H](NC(=O)C(=NOC(c5ccccc5)(c5ccccc5)c5ccccc5)c5nc(NC(c6ccccc6)(c6ccccc6)c6ccccc6)sc5Cl)[C@H]4CC3)C2=O)C1. The van der Waals surface area contributed by atoms with Crippen molar-refractivity contribution in [3.63, 3.8) is 0 Å². The number of anilines is 1. The molecule has 4 aliphatic rings. The van der Waals surface area contributed by atoms with Gasteiger partial charge >= 0.3 is 12.1 Å². The molecule has 470 valence electrons. The molecule has 9 aromatic rings. The number of nitrogens with zero attached hydrogens (tertiary/aromatic N) is 5. The molecule has 8 aromatic carbocycles. The number of carbonyl (C=O) groups excluding carboxylic acids is 5. The summed E-state index contributed by atoms with van der Waals surface area (Å²) in [6.45, 7) is 4.84. The summed E-state index contributed by atoms with van der Waals surface area (Å²) in [5.41, 5.74) is 4.19. The molecule has 3 atom stereocenters. The highest BCUT2D eigenvalue weighted by Gasteiger charge is 2.55. The monoisotopic (exact) mass is 1280 g/mol. The number of rotatable bonds is 21. The number of amides is 4. The molecule has 3 saturated heterocycles. The van der Waals surface area contributed by atoms with Gasteiger partial charge < -0.3 is 34.7 Å². The second-order valence-electron chi connectivity index (χ2n) is 23.3. The van der Waals surface area contributed by atoms with Gasteiger partial charge in [-0.2, -0.15) is 0 Å². The summed E-state index contributed by atoms with van der Waals surface area (Å²) in [6.07, 6.45) is 3.31. The van der Waals surface area contributed by atoms with Gasteiger partial charge in [-0.1, -0.05) is 283 Å². The summed E-state index contributed by atoms with van der Waals surface area (Å²) in [4.78, 5) is 90.8. The van der Waals surface area contributed by atoms with Crippen LogP contribution in [-0.2, 0) is 44.6 Å². The molecule has 17 heteroatoms. The van der Waals surface area contributed by atoms with Crippen molar-refractivity contribution in [1.29, 1.82) is 0 Å². The maximum absolute atomic E-state index is 15.9. The number of likely N-dealkylation sites (tertiary alicyclic amines) is 2. The molecule has 0 radical (unpaired) electrons. The number of aromatic nitrogens is 1. The predicted octanol–water partition coefficient (Wildman–Crippen LogP) is 13.5. The topological polar surface area (TPSA) is 172 Å². The van der Waals surface area contributed by atoms with Gasteiger partial charge in [-0.05, 0) is 65.1 Å². The number of carbonyl (C=O) groups is 5. The number of esters is 1. The summed E-state index contributed by atoms with van der Waals surface area (Å²) >= 11 is 8.57. The average molecular weight is 1280 g/mol. The van der Waals surface area contributed by atoms with Crippen molar-refractivity contribution in [2.75, 3.05) is 31.6 Å². The molecule has 0 saturated carbocycles. The fourth-order valence-corrected chi connectivity index (χ4v) is 14.4. The van der Waals surface area contributed by atoms with Crippen LogP contribution in [0.2, 0.25) is 4.34 Å². The normalized spacial score (nSPS) is 17.8. The summed E-state index contributed by atoms with van der Waals surface area (Å²) < 4.78 is 11.9. The number of oxime groups is 1. The first-order valence-electron chi connectivity index (χ1n) is 31.3. The number of hydrogen-bond acceptors (Lipinski definition) is 12. The van der Waals surface area contributed by atoms with E-state index in [1.807, 2.05) is 243 Å². The van der Waals surface area contributed by atoms with Crippen LogP contribution in [0.5, 0.6) is 0 Å². The van der Waals surface area contributed by atoms with Crippen molar-refractivity contribution in [2.45, 2.75) is 61.1 Å². The van der Waals surface area contributed by atoms with Crippen LogP contribution >= 0.6 is 22.9 Å². The number of thiazole rings is 1. The van der Waals surface area contributed by atoms with Crippen LogP contribution in [0.15, 0.2) is 283 Å². The third-order valence-electron chi connectivity index (χ3n) is 17.8. The van der Waals surface area contributed by atoms with Gasteiger partial charge in [-0.3, -0.25) is 19.3 Å². The molecule has 0 spiro atoms. The molecule has 5 heterocycles. The quantitative estimate of drug-likeness (QED) is 0.0134. The molecule has 0 aliphatic carbocycles. The summed E-state index contributed by atoms with van der Waals surface area (Å²) in [5, 5.41) is 12.1. The van der Waals surface area contributed by atoms with Crippen molar-refractivity contribution in [3.05, 3.63) is 333 Å². The van der Waals surface area contributed by atoms with Crippen LogP contribution in [-0.4, -0.2) is 99.5 Å². The minimum Gasteiger partial charge on any atom is -0.448 e.